The molecule has 6 nitrogen and oxygen atoms in total. The van der Waals surface area contributed by atoms with Crippen LogP contribution in [0.2, 0.25) is 0 Å². The third kappa shape index (κ3) is 4.29. The molecule has 0 radical (unpaired) electrons. The third-order valence-electron chi connectivity index (χ3n) is 2.34. The number of hydrogen-bond acceptors (Lipinski definition) is 6. The lowest BCUT2D eigenvalue weighted by Crippen LogP contribution is -2.29. The van der Waals surface area contributed by atoms with Crippen LogP contribution >= 0.6 is 0 Å². The van der Waals surface area contributed by atoms with Crippen LogP contribution in [0.3, 0.4) is 0 Å². The highest BCUT2D eigenvalue weighted by atomic mass is 16.7. The third-order valence-corrected chi connectivity index (χ3v) is 2.34. The number of nitrogens with one attached hydrogen (secondary N) is 1. The quantitative estimate of drug-likeness (QED) is 0.554. The van der Waals surface area contributed by atoms with E-state index in [0.717, 1.165) is 11.4 Å². The predicted octanol–water partition coefficient (Wildman–Crippen LogP) is 0.443. The highest BCUT2D eigenvalue weighted by Gasteiger charge is 2.06. The van der Waals surface area contributed by atoms with E-state index in [1.165, 1.54) is 0 Å². The monoisotopic (exact) mass is 239 g/mol. The zero-order valence-electron chi connectivity index (χ0n) is 9.97. The van der Waals surface area contributed by atoms with Gasteiger partial charge in [0.05, 0.1) is 13.5 Å². The van der Waals surface area contributed by atoms with Crippen LogP contribution in [0.15, 0.2) is 24.3 Å². The highest BCUT2D eigenvalue weighted by molar-refractivity contribution is 5.69. The number of carbonyl (C=O) groups excluding carboxylic acids is 1. The van der Waals surface area contributed by atoms with Crippen molar-refractivity contribution in [3.63, 3.8) is 0 Å². The van der Waals surface area contributed by atoms with Gasteiger partial charge in [-0.05, 0) is 24.3 Å². The largest absolute Gasteiger partial charge is 0.497 e. The first-order valence-electron chi connectivity index (χ1n) is 5.18. The minimum Gasteiger partial charge on any atom is -0.497 e. The maximum Gasteiger partial charge on any atom is 0.328 e. The van der Waals surface area contributed by atoms with Crippen LogP contribution in [0.25, 0.3) is 0 Å². The van der Waals surface area contributed by atoms with Crippen LogP contribution in [0.5, 0.6) is 5.75 Å². The first-order valence-corrected chi connectivity index (χ1v) is 5.18. The van der Waals surface area contributed by atoms with Crippen LogP contribution < -0.4 is 21.1 Å². The summed E-state index contributed by atoms with van der Waals surface area (Å²) in [5.74, 6) is 5.26. The molecule has 0 aliphatic rings. The fourth-order valence-electron chi connectivity index (χ4n) is 1.34. The number of nitrogens with zero attached hydrogens (tertiary/aromatic N) is 1. The molecular formula is C11H17N3O3. The minimum atomic E-state index is -0.395. The molecule has 1 rings (SSSR count). The van der Waals surface area contributed by atoms with Gasteiger partial charge in [0, 0.05) is 19.3 Å². The molecule has 0 heterocycles. The van der Waals surface area contributed by atoms with E-state index < -0.39 is 5.97 Å². The Morgan fingerprint density at radius 2 is 2.06 bits per heavy atom. The van der Waals surface area contributed by atoms with Gasteiger partial charge in [-0.25, -0.2) is 5.84 Å². The Morgan fingerprint density at radius 1 is 1.41 bits per heavy atom. The number of methoxy groups -OCH3 is 1. The SMILES string of the molecule is COc1ccc(N(C)CCC(=O)ONN)cc1. The molecule has 0 aromatic heterocycles. The van der Waals surface area contributed by atoms with E-state index in [9.17, 15) is 4.79 Å². The number of ether oxygens (including phenoxy) is 1. The van der Waals surface area contributed by atoms with Crippen molar-refractivity contribution in [2.75, 3.05) is 25.6 Å². The van der Waals surface area contributed by atoms with Gasteiger partial charge in [-0.15, -0.1) is 0 Å². The lowest BCUT2D eigenvalue weighted by atomic mass is 10.2. The first kappa shape index (κ1) is 13.3. The molecule has 0 aliphatic heterocycles. The lowest BCUT2D eigenvalue weighted by molar-refractivity contribution is -0.150. The number of carbonyl (C=O) groups is 1. The number of hydrogen-bond donors (Lipinski definition) is 2. The van der Waals surface area contributed by atoms with Gasteiger partial charge in [0.1, 0.15) is 5.75 Å². The van der Waals surface area contributed by atoms with E-state index in [4.69, 9.17) is 10.6 Å². The Balaban J connectivity index is 2.46. The van der Waals surface area contributed by atoms with Crippen molar-refractivity contribution < 1.29 is 14.4 Å². The Labute approximate surface area is 100 Å². The fraction of sp³-hybridized carbons (Fsp3) is 0.364. The zero-order valence-corrected chi connectivity index (χ0v) is 9.97. The van der Waals surface area contributed by atoms with Crippen molar-refractivity contribution in [3.8, 4) is 5.75 Å². The van der Waals surface area contributed by atoms with E-state index in [1.54, 1.807) is 7.11 Å². The molecule has 0 aliphatic carbocycles. The van der Waals surface area contributed by atoms with Crippen LogP contribution in [-0.4, -0.2) is 26.7 Å². The number of nitrogens with two attached hydrogens (primary N) is 1. The normalized spacial score (nSPS) is 9.82. The topological polar surface area (TPSA) is 76.8 Å². The second kappa shape index (κ2) is 6.72. The number of hydrazine groups is 1. The zero-order chi connectivity index (χ0) is 12.7. The molecule has 0 amide bonds. The van der Waals surface area contributed by atoms with E-state index in [-0.39, 0.29) is 6.42 Å². The minimum absolute atomic E-state index is 0.257. The molecule has 1 aromatic rings. The smallest absolute Gasteiger partial charge is 0.328 e. The van der Waals surface area contributed by atoms with Crippen molar-refractivity contribution in [3.05, 3.63) is 24.3 Å². The summed E-state index contributed by atoms with van der Waals surface area (Å²) >= 11 is 0. The summed E-state index contributed by atoms with van der Waals surface area (Å²) in [4.78, 5) is 17.4. The number of benzene rings is 1. The molecule has 94 valence electrons. The molecule has 0 saturated carbocycles. The molecule has 1 aromatic carbocycles. The maximum absolute atomic E-state index is 11.1. The summed E-state index contributed by atoms with van der Waals surface area (Å²) in [6.07, 6.45) is 0.257. The molecule has 0 atom stereocenters. The standard InChI is InChI=1S/C11H17N3O3/c1-14(8-7-11(15)17-13-12)9-3-5-10(16-2)6-4-9/h3-6,13H,7-8,12H2,1-2H3. The summed E-state index contributed by atoms with van der Waals surface area (Å²) in [6.45, 7) is 0.548. The van der Waals surface area contributed by atoms with Crippen LogP contribution in [0.4, 0.5) is 5.69 Å². The second-order valence-electron chi connectivity index (χ2n) is 3.46. The van der Waals surface area contributed by atoms with Gasteiger partial charge in [-0.1, -0.05) is 5.59 Å². The van der Waals surface area contributed by atoms with Gasteiger partial charge in [-0.3, -0.25) is 4.79 Å². The molecule has 0 bridgehead atoms. The van der Waals surface area contributed by atoms with E-state index in [1.807, 2.05) is 41.8 Å². The summed E-state index contributed by atoms with van der Waals surface area (Å²) in [5, 5.41) is 0. The van der Waals surface area contributed by atoms with Crippen LogP contribution in [0.1, 0.15) is 6.42 Å². The van der Waals surface area contributed by atoms with Gasteiger partial charge in [0.25, 0.3) is 0 Å². The molecule has 3 N–H and O–H groups in total. The van der Waals surface area contributed by atoms with Gasteiger partial charge in [0.2, 0.25) is 0 Å². The summed E-state index contributed by atoms with van der Waals surface area (Å²) in [7, 11) is 3.51. The number of anilines is 1. The molecule has 17 heavy (non-hydrogen) atoms. The fourth-order valence-corrected chi connectivity index (χ4v) is 1.34. The summed E-state index contributed by atoms with van der Waals surface area (Å²) in [5.41, 5.74) is 2.86. The van der Waals surface area contributed by atoms with E-state index >= 15 is 0 Å². The Bertz CT molecular complexity index is 353. The molecule has 0 spiro atoms. The lowest BCUT2D eigenvalue weighted by Gasteiger charge is -2.18. The Morgan fingerprint density at radius 3 is 2.59 bits per heavy atom. The maximum atomic E-state index is 11.1. The van der Waals surface area contributed by atoms with E-state index in [0.29, 0.717) is 6.54 Å². The average molecular weight is 239 g/mol. The van der Waals surface area contributed by atoms with Crippen molar-refractivity contribution in [2.24, 2.45) is 5.84 Å². The second-order valence-corrected chi connectivity index (χ2v) is 3.46. The van der Waals surface area contributed by atoms with Crippen molar-refractivity contribution in [1.29, 1.82) is 0 Å². The van der Waals surface area contributed by atoms with Crippen LogP contribution in [0, 0.1) is 0 Å². The van der Waals surface area contributed by atoms with E-state index in [2.05, 4.69) is 4.84 Å². The highest BCUT2D eigenvalue weighted by Crippen LogP contribution is 2.18. The van der Waals surface area contributed by atoms with Crippen molar-refractivity contribution in [2.45, 2.75) is 6.42 Å². The van der Waals surface area contributed by atoms with Gasteiger partial charge >= 0.3 is 5.97 Å². The molecule has 6 heteroatoms. The predicted molar refractivity (Wildman–Crippen MR) is 64.3 cm³/mol. The Hall–Kier alpha value is -1.79. The summed E-state index contributed by atoms with van der Waals surface area (Å²) < 4.78 is 5.06. The molecule has 0 fully saturated rings. The number of rotatable bonds is 6. The van der Waals surface area contributed by atoms with Crippen molar-refractivity contribution in [1.82, 2.24) is 5.59 Å². The van der Waals surface area contributed by atoms with Gasteiger partial charge < -0.3 is 14.5 Å². The molecular weight excluding hydrogens is 222 g/mol. The van der Waals surface area contributed by atoms with Gasteiger partial charge in [0.15, 0.2) is 0 Å². The molecule has 0 saturated heterocycles. The summed E-state index contributed by atoms with van der Waals surface area (Å²) in [6, 6.07) is 7.58. The van der Waals surface area contributed by atoms with Gasteiger partial charge in [-0.2, -0.15) is 0 Å². The molecule has 0 unspecified atom stereocenters. The van der Waals surface area contributed by atoms with Crippen LogP contribution in [-0.2, 0) is 9.63 Å². The van der Waals surface area contributed by atoms with Crippen molar-refractivity contribution >= 4 is 11.7 Å². The average Bonchev–Trinajstić information content (AvgIpc) is 2.36. The first-order chi connectivity index (χ1) is 8.17. The Kier molecular flexibility index (Phi) is 5.25.